The van der Waals surface area contributed by atoms with Gasteiger partial charge in [0.2, 0.25) is 5.91 Å². The van der Waals surface area contributed by atoms with Crippen molar-refractivity contribution in [3.8, 4) is 0 Å². The van der Waals surface area contributed by atoms with E-state index in [0.29, 0.717) is 34.6 Å². The van der Waals surface area contributed by atoms with Crippen LogP contribution >= 0.6 is 0 Å². The van der Waals surface area contributed by atoms with Crippen molar-refractivity contribution < 1.29 is 14.0 Å². The number of carbonyl (C=O) groups excluding carboxylic acids is 2. The number of benzene rings is 1. The van der Waals surface area contributed by atoms with E-state index in [2.05, 4.69) is 35.9 Å². The van der Waals surface area contributed by atoms with Gasteiger partial charge in [-0.15, -0.1) is 0 Å². The molecule has 39 heavy (non-hydrogen) atoms. The molecule has 0 radical (unpaired) electrons. The van der Waals surface area contributed by atoms with Gasteiger partial charge in [0.05, 0.1) is 29.8 Å². The largest absolute Gasteiger partial charge is 0.371 e. The second-order valence-electron chi connectivity index (χ2n) is 10.6. The third kappa shape index (κ3) is 5.16. The Morgan fingerprint density at radius 2 is 1.82 bits per heavy atom. The number of aromatic nitrogens is 5. The Bertz CT molecular complexity index is 1580. The van der Waals surface area contributed by atoms with Crippen LogP contribution in [-0.2, 0) is 18.4 Å². The van der Waals surface area contributed by atoms with Crippen molar-refractivity contribution in [2.45, 2.75) is 58.2 Å². The summed E-state index contributed by atoms with van der Waals surface area (Å²) < 4.78 is 18.9. The van der Waals surface area contributed by atoms with Gasteiger partial charge in [0.15, 0.2) is 11.5 Å². The van der Waals surface area contributed by atoms with Crippen molar-refractivity contribution in [3.05, 3.63) is 47.4 Å². The molecule has 0 atom stereocenters. The second-order valence-corrected chi connectivity index (χ2v) is 10.6. The van der Waals surface area contributed by atoms with E-state index in [1.54, 1.807) is 35.4 Å². The highest BCUT2D eigenvalue weighted by Crippen LogP contribution is 2.33. The van der Waals surface area contributed by atoms with Gasteiger partial charge in [0, 0.05) is 56.9 Å². The first-order chi connectivity index (χ1) is 18.7. The van der Waals surface area contributed by atoms with Crippen LogP contribution in [0.5, 0.6) is 0 Å². The van der Waals surface area contributed by atoms with Crippen molar-refractivity contribution >= 4 is 39.9 Å². The summed E-state index contributed by atoms with van der Waals surface area (Å²) in [5.74, 6) is -1.13. The smallest absolute Gasteiger partial charge is 0.262 e. The predicted octanol–water partition coefficient (Wildman–Crippen LogP) is 2.67. The lowest BCUT2D eigenvalue weighted by atomic mass is 10.0. The van der Waals surface area contributed by atoms with Gasteiger partial charge in [-0.05, 0) is 38.7 Å². The fourth-order valence-electron chi connectivity index (χ4n) is 5.35. The minimum Gasteiger partial charge on any atom is -0.371 e. The van der Waals surface area contributed by atoms with Gasteiger partial charge >= 0.3 is 0 Å². The Morgan fingerprint density at radius 3 is 2.54 bits per heavy atom. The number of carbonyl (C=O) groups is 2. The summed E-state index contributed by atoms with van der Waals surface area (Å²) >= 11 is 0. The van der Waals surface area contributed by atoms with E-state index in [-0.39, 0.29) is 23.8 Å². The van der Waals surface area contributed by atoms with E-state index in [9.17, 15) is 9.59 Å². The Labute approximate surface area is 224 Å². The first-order valence-corrected chi connectivity index (χ1v) is 13.3. The summed E-state index contributed by atoms with van der Waals surface area (Å²) in [4.78, 5) is 35.8. The molecule has 1 aromatic carbocycles. The number of nitrogens with zero attached hydrogens (tertiary/aromatic N) is 6. The van der Waals surface area contributed by atoms with Crippen molar-refractivity contribution in [1.82, 2.24) is 34.8 Å². The maximum absolute atomic E-state index is 15.6. The molecule has 4 aromatic rings. The van der Waals surface area contributed by atoms with E-state index in [4.69, 9.17) is 0 Å². The quantitative estimate of drug-likeness (QED) is 0.334. The number of halogens is 1. The van der Waals surface area contributed by atoms with Gasteiger partial charge in [-0.1, -0.05) is 0 Å². The maximum atomic E-state index is 15.6. The third-order valence-electron chi connectivity index (χ3n) is 7.37. The molecule has 0 unspecified atom stereocenters. The molecule has 1 saturated carbocycles. The zero-order chi connectivity index (χ0) is 27.3. The number of rotatable bonds is 7. The molecule has 12 heteroatoms. The number of amides is 2. The molecule has 3 aromatic heterocycles. The second kappa shape index (κ2) is 9.92. The highest BCUT2D eigenvalue weighted by molar-refractivity contribution is 6.14. The van der Waals surface area contributed by atoms with E-state index in [1.807, 2.05) is 6.20 Å². The Balaban J connectivity index is 1.25. The van der Waals surface area contributed by atoms with Gasteiger partial charge in [-0.3, -0.25) is 19.3 Å². The first kappa shape index (κ1) is 25.2. The molecule has 1 aliphatic heterocycles. The molecule has 2 fully saturated rings. The Kier molecular flexibility index (Phi) is 6.42. The van der Waals surface area contributed by atoms with Crippen molar-refractivity contribution in [2.24, 2.45) is 7.05 Å². The third-order valence-corrected chi connectivity index (χ3v) is 7.37. The van der Waals surface area contributed by atoms with Crippen LogP contribution < -0.4 is 20.9 Å². The summed E-state index contributed by atoms with van der Waals surface area (Å²) in [6.45, 7) is 5.15. The highest BCUT2D eigenvalue weighted by atomic mass is 19.1. The van der Waals surface area contributed by atoms with E-state index < -0.39 is 11.7 Å². The Morgan fingerprint density at radius 1 is 1.08 bits per heavy atom. The molecule has 11 nitrogen and oxygen atoms in total. The topological polar surface area (TPSA) is 121 Å². The van der Waals surface area contributed by atoms with Crippen LogP contribution in [0.15, 0.2) is 24.7 Å². The van der Waals surface area contributed by atoms with Crippen molar-refractivity contribution in [1.29, 1.82) is 0 Å². The molecule has 1 aliphatic carbocycles. The van der Waals surface area contributed by atoms with Gasteiger partial charge < -0.3 is 25.3 Å². The van der Waals surface area contributed by atoms with E-state index in [0.717, 1.165) is 37.0 Å². The molecule has 2 amide bonds. The van der Waals surface area contributed by atoms with Gasteiger partial charge in [0.1, 0.15) is 16.9 Å². The molecule has 1 saturated heterocycles. The van der Waals surface area contributed by atoms with Crippen LogP contribution in [0.2, 0.25) is 0 Å². The van der Waals surface area contributed by atoms with Crippen LogP contribution in [0, 0.1) is 12.7 Å². The molecule has 204 valence electrons. The van der Waals surface area contributed by atoms with Gasteiger partial charge in [0.25, 0.3) is 5.91 Å². The maximum Gasteiger partial charge on any atom is 0.262 e. The first-order valence-electron chi connectivity index (χ1n) is 13.3. The Hall–Kier alpha value is -4.06. The molecule has 6 rings (SSSR count). The molecule has 3 N–H and O–H groups in total. The van der Waals surface area contributed by atoms with Gasteiger partial charge in [-0.25, -0.2) is 9.37 Å². The normalized spacial score (nSPS) is 16.3. The van der Waals surface area contributed by atoms with Crippen molar-refractivity contribution in [2.75, 3.05) is 23.3 Å². The molecule has 4 heterocycles. The fourth-order valence-corrected chi connectivity index (χ4v) is 5.35. The number of piperidine rings is 1. The van der Waals surface area contributed by atoms with Gasteiger partial charge in [-0.2, -0.15) is 5.10 Å². The molecule has 0 bridgehead atoms. The van der Waals surface area contributed by atoms with E-state index in [1.165, 1.54) is 25.8 Å². The van der Waals surface area contributed by atoms with Crippen LogP contribution in [0.25, 0.3) is 16.6 Å². The lowest BCUT2D eigenvalue weighted by Crippen LogP contribution is -2.43. The summed E-state index contributed by atoms with van der Waals surface area (Å²) in [6.07, 6.45) is 9.73. The average molecular weight is 534 g/mol. The van der Waals surface area contributed by atoms with Crippen LogP contribution in [0.4, 0.5) is 15.9 Å². The number of anilines is 2. The lowest BCUT2D eigenvalue weighted by Gasteiger charge is -2.34. The number of hydrogen-bond acceptors (Lipinski definition) is 7. The zero-order valence-electron chi connectivity index (χ0n) is 22.3. The summed E-state index contributed by atoms with van der Waals surface area (Å²) in [5, 5.41) is 14.4. The number of fused-ring (bicyclic) bond motifs is 2. The van der Waals surface area contributed by atoms with Crippen LogP contribution in [0.1, 0.15) is 54.4 Å². The summed E-state index contributed by atoms with van der Waals surface area (Å²) in [7, 11) is 1.77. The van der Waals surface area contributed by atoms with Crippen molar-refractivity contribution in [3.63, 3.8) is 0 Å². The average Bonchev–Trinajstić information content (AvgIpc) is 3.47. The number of nitrogens with one attached hydrogen (secondary N) is 3. The van der Waals surface area contributed by atoms with Crippen LogP contribution in [-0.4, -0.2) is 61.1 Å². The predicted molar refractivity (Wildman–Crippen MR) is 145 cm³/mol. The summed E-state index contributed by atoms with van der Waals surface area (Å²) in [6, 6.07) is 2.62. The SMILES string of the molecule is CC(=O)NCc1cn2cc(NC(=O)c3c(F)cc(N4CCC(NC5CC5)CC4)c4cn(C)nc34)nc2c(C)n1. The van der Waals surface area contributed by atoms with E-state index >= 15 is 4.39 Å². The molecule has 0 spiro atoms. The molecule has 2 aliphatic rings. The number of imidazole rings is 1. The lowest BCUT2D eigenvalue weighted by molar-refractivity contribution is -0.119. The minimum absolute atomic E-state index is 0.113. The number of hydrogen-bond donors (Lipinski definition) is 3. The summed E-state index contributed by atoms with van der Waals surface area (Å²) in [5.41, 5.74) is 2.81. The van der Waals surface area contributed by atoms with Crippen LogP contribution in [0.3, 0.4) is 0 Å². The molecular formula is C27H32FN9O2. The highest BCUT2D eigenvalue weighted by Gasteiger charge is 2.29. The fraction of sp³-hybridized carbons (Fsp3) is 0.444. The molecular weight excluding hydrogens is 501 g/mol. The zero-order valence-corrected chi connectivity index (χ0v) is 22.3. The minimum atomic E-state index is -0.623. The standard InChI is InChI=1S/C27H32FN9O2/c1-15-26-32-23(14-37(26)12-19(30-15)11-29-16(2)38)33-27(39)24-21(28)10-22(20-13-35(3)34-25(20)24)36-8-6-18(7-9-36)31-17-4-5-17/h10,12-14,17-18,31H,4-9,11H2,1-3H3,(H,29,38)(H,33,39). The number of aryl methyl sites for hydroxylation is 2. The monoisotopic (exact) mass is 533 g/mol.